The Kier molecular flexibility index (Phi) is 4.32. The van der Waals surface area contributed by atoms with Crippen molar-refractivity contribution in [1.82, 2.24) is 9.80 Å². The van der Waals surface area contributed by atoms with Crippen LogP contribution in [0.4, 0.5) is 4.79 Å². The van der Waals surface area contributed by atoms with Crippen LogP contribution in [0.3, 0.4) is 0 Å². The van der Waals surface area contributed by atoms with Crippen LogP contribution in [0.5, 0.6) is 0 Å². The van der Waals surface area contributed by atoms with E-state index in [0.29, 0.717) is 19.0 Å². The lowest BCUT2D eigenvalue weighted by Gasteiger charge is -2.27. The molecule has 19 heavy (non-hydrogen) atoms. The summed E-state index contributed by atoms with van der Waals surface area (Å²) >= 11 is 0. The average molecular weight is 268 g/mol. The summed E-state index contributed by atoms with van der Waals surface area (Å²) < 4.78 is 0. The summed E-state index contributed by atoms with van der Waals surface area (Å²) in [5.41, 5.74) is 0. The van der Waals surface area contributed by atoms with Gasteiger partial charge in [-0.2, -0.15) is 0 Å². The number of carbonyl (C=O) groups excluding carboxylic acids is 1. The van der Waals surface area contributed by atoms with Crippen LogP contribution in [0.15, 0.2) is 0 Å². The molecular formula is C14H24N2O3. The molecule has 5 heteroatoms. The topological polar surface area (TPSA) is 60.9 Å². The van der Waals surface area contributed by atoms with Gasteiger partial charge in [0.1, 0.15) is 0 Å². The van der Waals surface area contributed by atoms with Crippen LogP contribution in [-0.2, 0) is 4.79 Å². The standard InChI is InChI=1S/C14H24N2O3/c1-10-4-3-6-15(7-5-10)14(19)16-8-11(2)12(9-16)13(17)18/h10-12H,3-9H2,1-2H3,(H,17,18)/t10?,11-,12-/m1/s1. The summed E-state index contributed by atoms with van der Waals surface area (Å²) in [4.78, 5) is 27.2. The summed E-state index contributed by atoms with van der Waals surface area (Å²) in [5.74, 6) is -0.462. The van der Waals surface area contributed by atoms with Crippen LogP contribution >= 0.6 is 0 Å². The van der Waals surface area contributed by atoms with Crippen LogP contribution in [0.1, 0.15) is 33.1 Å². The number of nitrogens with zero attached hydrogens (tertiary/aromatic N) is 2. The first kappa shape index (κ1) is 14.2. The average Bonchev–Trinajstić information content (AvgIpc) is 2.61. The van der Waals surface area contributed by atoms with Crippen molar-refractivity contribution in [3.8, 4) is 0 Å². The molecular weight excluding hydrogens is 244 g/mol. The Balaban J connectivity index is 1.95. The van der Waals surface area contributed by atoms with E-state index < -0.39 is 11.9 Å². The van der Waals surface area contributed by atoms with E-state index in [0.717, 1.165) is 25.9 Å². The second-order valence-corrected chi connectivity index (χ2v) is 6.13. The summed E-state index contributed by atoms with van der Waals surface area (Å²) in [6.07, 6.45) is 3.29. The van der Waals surface area contributed by atoms with Crippen LogP contribution < -0.4 is 0 Å². The zero-order chi connectivity index (χ0) is 14.0. The second-order valence-electron chi connectivity index (χ2n) is 6.13. The predicted octanol–water partition coefficient (Wildman–Crippen LogP) is 1.88. The molecule has 2 amide bonds. The van der Waals surface area contributed by atoms with Gasteiger partial charge in [-0.05, 0) is 31.1 Å². The smallest absolute Gasteiger partial charge is 0.320 e. The summed E-state index contributed by atoms with van der Waals surface area (Å²) in [6.45, 7) is 6.70. The van der Waals surface area contributed by atoms with Crippen LogP contribution in [-0.4, -0.2) is 53.1 Å². The Bertz CT molecular complexity index is 359. The first-order valence-electron chi connectivity index (χ1n) is 7.25. The second kappa shape index (κ2) is 5.80. The van der Waals surface area contributed by atoms with Gasteiger partial charge in [0.25, 0.3) is 0 Å². The number of amides is 2. The van der Waals surface area contributed by atoms with Crippen molar-refractivity contribution in [3.63, 3.8) is 0 Å². The molecule has 0 aliphatic carbocycles. The number of aliphatic carboxylic acids is 1. The van der Waals surface area contributed by atoms with Crippen molar-refractivity contribution in [3.05, 3.63) is 0 Å². The van der Waals surface area contributed by atoms with Gasteiger partial charge >= 0.3 is 12.0 Å². The van der Waals surface area contributed by atoms with Gasteiger partial charge in [0.15, 0.2) is 0 Å². The molecule has 108 valence electrons. The van der Waals surface area contributed by atoms with E-state index in [-0.39, 0.29) is 11.9 Å². The molecule has 0 aromatic carbocycles. The third-order valence-corrected chi connectivity index (χ3v) is 4.49. The van der Waals surface area contributed by atoms with Gasteiger partial charge in [0.2, 0.25) is 0 Å². The SMILES string of the molecule is CC1CCCN(C(=O)N2C[C@@H](C)[C@H](C(=O)O)C2)CC1. The fourth-order valence-electron chi connectivity index (χ4n) is 3.10. The van der Waals surface area contributed by atoms with Gasteiger partial charge in [-0.15, -0.1) is 0 Å². The van der Waals surface area contributed by atoms with Gasteiger partial charge in [-0.3, -0.25) is 4.79 Å². The normalized spacial score (nSPS) is 32.2. The molecule has 0 aromatic rings. The van der Waals surface area contributed by atoms with Crippen LogP contribution in [0.2, 0.25) is 0 Å². The van der Waals surface area contributed by atoms with Crippen molar-refractivity contribution >= 4 is 12.0 Å². The molecule has 2 aliphatic heterocycles. The van der Waals surface area contributed by atoms with Crippen LogP contribution in [0.25, 0.3) is 0 Å². The molecule has 0 bridgehead atoms. The summed E-state index contributed by atoms with van der Waals surface area (Å²) in [7, 11) is 0. The molecule has 2 rings (SSSR count). The molecule has 5 nitrogen and oxygen atoms in total. The largest absolute Gasteiger partial charge is 0.481 e. The lowest BCUT2D eigenvalue weighted by Crippen LogP contribution is -2.43. The number of carboxylic acids is 1. The van der Waals surface area contributed by atoms with Crippen molar-refractivity contribution in [2.45, 2.75) is 33.1 Å². The third-order valence-electron chi connectivity index (χ3n) is 4.49. The highest BCUT2D eigenvalue weighted by Crippen LogP contribution is 2.25. The lowest BCUT2D eigenvalue weighted by molar-refractivity contribution is -0.142. The molecule has 2 aliphatic rings. The first-order valence-corrected chi connectivity index (χ1v) is 7.25. The van der Waals surface area contributed by atoms with Gasteiger partial charge in [0.05, 0.1) is 5.92 Å². The zero-order valence-corrected chi connectivity index (χ0v) is 11.8. The van der Waals surface area contributed by atoms with Crippen molar-refractivity contribution < 1.29 is 14.7 Å². The minimum absolute atomic E-state index is 0.0321. The number of carbonyl (C=O) groups is 2. The molecule has 0 saturated carbocycles. The number of likely N-dealkylation sites (tertiary alicyclic amines) is 2. The number of hydrogen-bond donors (Lipinski definition) is 1. The molecule has 2 saturated heterocycles. The minimum Gasteiger partial charge on any atom is -0.481 e. The Morgan fingerprint density at radius 1 is 1.05 bits per heavy atom. The Labute approximate surface area is 114 Å². The Morgan fingerprint density at radius 3 is 2.42 bits per heavy atom. The van der Waals surface area contributed by atoms with E-state index in [2.05, 4.69) is 6.92 Å². The lowest BCUT2D eigenvalue weighted by atomic mass is 9.99. The highest BCUT2D eigenvalue weighted by molar-refractivity contribution is 5.77. The van der Waals surface area contributed by atoms with Gasteiger partial charge in [-0.25, -0.2) is 4.79 Å². The predicted molar refractivity (Wildman–Crippen MR) is 71.8 cm³/mol. The fourth-order valence-corrected chi connectivity index (χ4v) is 3.10. The van der Waals surface area contributed by atoms with Crippen LogP contribution in [0, 0.1) is 17.8 Å². The molecule has 3 atom stereocenters. The minimum atomic E-state index is -0.785. The molecule has 0 radical (unpaired) electrons. The number of hydrogen-bond acceptors (Lipinski definition) is 2. The molecule has 1 N–H and O–H groups in total. The Hall–Kier alpha value is -1.26. The number of carboxylic acid groups (broad SMARTS) is 1. The van der Waals surface area contributed by atoms with E-state index >= 15 is 0 Å². The Morgan fingerprint density at radius 2 is 1.79 bits per heavy atom. The maximum Gasteiger partial charge on any atom is 0.320 e. The monoisotopic (exact) mass is 268 g/mol. The van der Waals surface area contributed by atoms with Gasteiger partial charge in [-0.1, -0.05) is 13.8 Å². The van der Waals surface area contributed by atoms with Crippen molar-refractivity contribution in [2.75, 3.05) is 26.2 Å². The zero-order valence-electron chi connectivity index (χ0n) is 11.8. The van der Waals surface area contributed by atoms with Crippen molar-refractivity contribution in [1.29, 1.82) is 0 Å². The highest BCUT2D eigenvalue weighted by atomic mass is 16.4. The molecule has 2 heterocycles. The van der Waals surface area contributed by atoms with E-state index in [1.807, 2.05) is 11.8 Å². The fraction of sp³-hybridized carbons (Fsp3) is 0.857. The molecule has 0 aromatic heterocycles. The van der Waals surface area contributed by atoms with Crippen molar-refractivity contribution in [2.24, 2.45) is 17.8 Å². The van der Waals surface area contributed by atoms with E-state index in [1.54, 1.807) is 4.90 Å². The van der Waals surface area contributed by atoms with E-state index in [4.69, 9.17) is 5.11 Å². The first-order chi connectivity index (χ1) is 8.99. The number of rotatable bonds is 1. The maximum absolute atomic E-state index is 12.4. The third kappa shape index (κ3) is 3.19. The van der Waals surface area contributed by atoms with E-state index in [1.165, 1.54) is 6.42 Å². The highest BCUT2D eigenvalue weighted by Gasteiger charge is 2.38. The summed E-state index contributed by atoms with van der Waals surface area (Å²) in [5, 5.41) is 9.12. The number of urea groups is 1. The summed E-state index contributed by atoms with van der Waals surface area (Å²) in [6, 6.07) is 0.0321. The molecule has 0 spiro atoms. The quantitative estimate of drug-likeness (QED) is 0.790. The molecule has 2 fully saturated rings. The van der Waals surface area contributed by atoms with Gasteiger partial charge < -0.3 is 14.9 Å². The molecule has 1 unspecified atom stereocenters. The van der Waals surface area contributed by atoms with Gasteiger partial charge in [0, 0.05) is 26.2 Å². The maximum atomic E-state index is 12.4. The van der Waals surface area contributed by atoms with E-state index in [9.17, 15) is 9.59 Å².